The van der Waals surface area contributed by atoms with Gasteiger partial charge in [-0.05, 0) is 68.0 Å². The van der Waals surface area contributed by atoms with Gasteiger partial charge in [0.15, 0.2) is 5.54 Å². The number of hydrogen-bond acceptors (Lipinski definition) is 5. The van der Waals surface area contributed by atoms with E-state index in [1.165, 1.54) is 23.0 Å². The van der Waals surface area contributed by atoms with E-state index in [9.17, 15) is 9.90 Å². The van der Waals surface area contributed by atoms with Crippen LogP contribution in [0.25, 0.3) is 20.9 Å². The van der Waals surface area contributed by atoms with E-state index in [4.69, 9.17) is 15.0 Å². The summed E-state index contributed by atoms with van der Waals surface area (Å²) < 4.78 is 15.6. The standard InChI is InChI=1S/C39H32FN3O2S/c1-38(37(44)45,43-34(27-11-5-2-6-12-27)28-13-7-3-8-14-28)22-21-26-17-18-30(31(40)25-26)35-41-32-19-20-33(42-36(32)46-35)39(23-24-39)29-15-9-4-10-16-29/h2-20,25H,21-24H2,1H3,(H,44,45). The number of benzene rings is 4. The number of hydrogen-bond donors (Lipinski definition) is 1. The van der Waals surface area contributed by atoms with E-state index in [1.807, 2.05) is 84.9 Å². The molecule has 228 valence electrons. The number of thiazole rings is 1. The summed E-state index contributed by atoms with van der Waals surface area (Å²) in [5.74, 6) is -1.43. The van der Waals surface area contributed by atoms with Crippen molar-refractivity contribution in [1.82, 2.24) is 9.97 Å². The van der Waals surface area contributed by atoms with Crippen LogP contribution in [-0.4, -0.2) is 32.3 Å². The van der Waals surface area contributed by atoms with Gasteiger partial charge in [-0.2, -0.15) is 0 Å². The fourth-order valence-corrected chi connectivity index (χ4v) is 6.96. The smallest absolute Gasteiger partial charge is 0.331 e. The van der Waals surface area contributed by atoms with Gasteiger partial charge in [0.1, 0.15) is 21.2 Å². The van der Waals surface area contributed by atoms with Gasteiger partial charge in [-0.25, -0.2) is 19.2 Å². The fourth-order valence-electron chi connectivity index (χ4n) is 5.99. The van der Waals surface area contributed by atoms with Gasteiger partial charge in [0.05, 0.1) is 11.4 Å². The molecule has 1 aliphatic carbocycles. The second kappa shape index (κ2) is 12.1. The van der Waals surface area contributed by atoms with Crippen molar-refractivity contribution in [1.29, 1.82) is 0 Å². The molecule has 4 aromatic carbocycles. The summed E-state index contributed by atoms with van der Waals surface area (Å²) in [6, 6.07) is 38.7. The van der Waals surface area contributed by atoms with Crippen LogP contribution >= 0.6 is 11.3 Å². The molecule has 46 heavy (non-hydrogen) atoms. The average Bonchev–Trinajstić information content (AvgIpc) is 3.80. The monoisotopic (exact) mass is 625 g/mol. The highest BCUT2D eigenvalue weighted by molar-refractivity contribution is 7.21. The molecule has 2 aromatic heterocycles. The Kier molecular flexibility index (Phi) is 7.79. The van der Waals surface area contributed by atoms with Crippen molar-refractivity contribution >= 4 is 33.4 Å². The minimum Gasteiger partial charge on any atom is -0.479 e. The molecule has 0 spiro atoms. The zero-order chi connectivity index (χ0) is 31.7. The molecule has 1 saturated carbocycles. The Morgan fingerprint density at radius 2 is 1.50 bits per heavy atom. The lowest BCUT2D eigenvalue weighted by Gasteiger charge is -2.23. The minimum absolute atomic E-state index is 0.0516. The Hall–Kier alpha value is -5.01. The van der Waals surface area contributed by atoms with Crippen LogP contribution in [0.3, 0.4) is 0 Å². The number of carboxylic acid groups (broad SMARTS) is 1. The van der Waals surface area contributed by atoms with Gasteiger partial charge < -0.3 is 5.11 Å². The van der Waals surface area contributed by atoms with Gasteiger partial charge in [0, 0.05) is 22.1 Å². The third-order valence-corrected chi connectivity index (χ3v) is 9.90. The van der Waals surface area contributed by atoms with E-state index in [1.54, 1.807) is 13.0 Å². The first-order chi connectivity index (χ1) is 22.3. The number of aliphatic carboxylic acids is 1. The predicted molar refractivity (Wildman–Crippen MR) is 182 cm³/mol. The lowest BCUT2D eigenvalue weighted by Crippen LogP contribution is -2.35. The Morgan fingerprint density at radius 1 is 0.870 bits per heavy atom. The molecule has 0 amide bonds. The Bertz CT molecular complexity index is 2020. The highest BCUT2D eigenvalue weighted by atomic mass is 32.1. The molecule has 1 fully saturated rings. The van der Waals surface area contributed by atoms with Crippen molar-refractivity contribution < 1.29 is 14.3 Å². The maximum Gasteiger partial charge on any atom is 0.331 e. The molecule has 7 heteroatoms. The first kappa shape index (κ1) is 29.7. The number of fused-ring (bicyclic) bond motifs is 1. The van der Waals surface area contributed by atoms with Crippen LogP contribution in [0.5, 0.6) is 0 Å². The number of rotatable bonds is 10. The second-order valence-corrected chi connectivity index (χ2v) is 13.1. The molecule has 5 nitrogen and oxygen atoms in total. The first-order valence-corrected chi connectivity index (χ1v) is 16.2. The number of carboxylic acids is 1. The van der Waals surface area contributed by atoms with E-state index in [0.717, 1.165) is 40.0 Å². The van der Waals surface area contributed by atoms with Crippen LogP contribution in [-0.2, 0) is 16.6 Å². The zero-order valence-electron chi connectivity index (χ0n) is 25.4. The lowest BCUT2D eigenvalue weighted by molar-refractivity contribution is -0.142. The van der Waals surface area contributed by atoms with Gasteiger partial charge in [-0.3, -0.25) is 4.99 Å². The molecular weight excluding hydrogens is 594 g/mol. The van der Waals surface area contributed by atoms with E-state index < -0.39 is 17.3 Å². The van der Waals surface area contributed by atoms with E-state index in [0.29, 0.717) is 28.3 Å². The molecule has 1 N–H and O–H groups in total. The molecule has 6 aromatic rings. The Morgan fingerprint density at radius 3 is 2.09 bits per heavy atom. The summed E-state index contributed by atoms with van der Waals surface area (Å²) in [4.78, 5) is 27.9. The maximum absolute atomic E-state index is 15.6. The summed E-state index contributed by atoms with van der Waals surface area (Å²) in [5.41, 5.74) is 4.96. The summed E-state index contributed by atoms with van der Waals surface area (Å²) in [6.07, 6.45) is 2.65. The van der Waals surface area contributed by atoms with Crippen molar-refractivity contribution in [2.75, 3.05) is 0 Å². The van der Waals surface area contributed by atoms with Crippen molar-refractivity contribution in [2.45, 2.75) is 43.6 Å². The normalized spacial score (nSPS) is 14.8. The largest absolute Gasteiger partial charge is 0.479 e. The molecule has 1 unspecified atom stereocenters. The third-order valence-electron chi connectivity index (χ3n) is 8.90. The van der Waals surface area contributed by atoms with Crippen LogP contribution in [0, 0.1) is 5.82 Å². The van der Waals surface area contributed by atoms with E-state index >= 15 is 4.39 Å². The highest BCUT2D eigenvalue weighted by Gasteiger charge is 2.47. The summed E-state index contributed by atoms with van der Waals surface area (Å²) in [6.45, 7) is 1.62. The highest BCUT2D eigenvalue weighted by Crippen LogP contribution is 2.53. The zero-order valence-corrected chi connectivity index (χ0v) is 26.2. The molecule has 7 rings (SSSR count). The van der Waals surface area contributed by atoms with Crippen molar-refractivity contribution in [3.8, 4) is 10.6 Å². The quantitative estimate of drug-likeness (QED) is 0.154. The summed E-state index contributed by atoms with van der Waals surface area (Å²) in [7, 11) is 0. The fraction of sp³-hybridized carbons (Fsp3) is 0.179. The average molecular weight is 626 g/mol. The molecular formula is C39H32FN3O2S. The number of halogens is 1. The molecule has 1 atom stereocenters. The third kappa shape index (κ3) is 5.74. The molecule has 0 bridgehead atoms. The summed E-state index contributed by atoms with van der Waals surface area (Å²) in [5, 5.41) is 10.9. The summed E-state index contributed by atoms with van der Waals surface area (Å²) >= 11 is 1.39. The first-order valence-electron chi connectivity index (χ1n) is 15.4. The topological polar surface area (TPSA) is 75.4 Å². The minimum atomic E-state index is -1.43. The molecule has 0 aliphatic heterocycles. The van der Waals surface area contributed by atoms with Crippen LogP contribution in [0.2, 0.25) is 0 Å². The van der Waals surface area contributed by atoms with E-state index in [2.05, 4.69) is 24.3 Å². The molecule has 0 saturated heterocycles. The number of aromatic nitrogens is 2. The van der Waals surface area contributed by atoms with Crippen molar-refractivity contribution in [2.24, 2.45) is 4.99 Å². The number of aryl methyl sites for hydroxylation is 1. The van der Waals surface area contributed by atoms with Crippen LogP contribution < -0.4 is 0 Å². The SMILES string of the molecule is CC(CCc1ccc(-c2nc3ccc(C4(c5ccccc5)CC4)nc3s2)c(F)c1)(N=C(c1ccccc1)c1ccccc1)C(=O)O. The van der Waals surface area contributed by atoms with Crippen LogP contribution in [0.1, 0.15) is 54.1 Å². The van der Waals surface area contributed by atoms with Crippen LogP contribution in [0.4, 0.5) is 4.39 Å². The maximum atomic E-state index is 15.6. The van der Waals surface area contributed by atoms with Gasteiger partial charge in [-0.15, -0.1) is 0 Å². The van der Waals surface area contributed by atoms with Crippen LogP contribution in [0.15, 0.2) is 126 Å². The van der Waals surface area contributed by atoms with Gasteiger partial charge in [0.25, 0.3) is 0 Å². The number of carbonyl (C=O) groups is 1. The van der Waals surface area contributed by atoms with Gasteiger partial charge in [-0.1, -0.05) is 108 Å². The van der Waals surface area contributed by atoms with E-state index in [-0.39, 0.29) is 11.8 Å². The predicted octanol–water partition coefficient (Wildman–Crippen LogP) is 8.89. The number of pyridine rings is 1. The molecule has 2 heterocycles. The Labute approximate surface area is 271 Å². The van der Waals surface area contributed by atoms with Crippen molar-refractivity contribution in [3.05, 3.63) is 155 Å². The van der Waals surface area contributed by atoms with Gasteiger partial charge in [0.2, 0.25) is 0 Å². The number of nitrogens with zero attached hydrogens (tertiary/aromatic N) is 3. The number of aliphatic imine (C=N–C) groups is 1. The lowest BCUT2D eigenvalue weighted by atomic mass is 9.92. The Balaban J connectivity index is 1.13. The van der Waals surface area contributed by atoms with Gasteiger partial charge >= 0.3 is 5.97 Å². The second-order valence-electron chi connectivity index (χ2n) is 12.1. The molecule has 1 aliphatic rings. The van der Waals surface area contributed by atoms with Crippen molar-refractivity contribution in [3.63, 3.8) is 0 Å². The molecule has 0 radical (unpaired) electrons.